The van der Waals surface area contributed by atoms with Crippen molar-refractivity contribution in [1.29, 1.82) is 0 Å². The number of rotatable bonds is 19. The van der Waals surface area contributed by atoms with E-state index in [1.807, 2.05) is 60.7 Å². The molecule has 0 atom stereocenters. The van der Waals surface area contributed by atoms with E-state index in [0.717, 1.165) is 24.2 Å². The van der Waals surface area contributed by atoms with E-state index < -0.39 is 0 Å². The van der Waals surface area contributed by atoms with Crippen molar-refractivity contribution in [3.63, 3.8) is 0 Å². The van der Waals surface area contributed by atoms with E-state index in [1.54, 1.807) is 15.5 Å². The fourth-order valence-corrected chi connectivity index (χ4v) is 5.21. The van der Waals surface area contributed by atoms with Crippen molar-refractivity contribution >= 4 is 0 Å². The van der Waals surface area contributed by atoms with Crippen LogP contribution in [0.5, 0.6) is 5.88 Å². The molecule has 206 valence electrons. The van der Waals surface area contributed by atoms with Gasteiger partial charge in [-0.1, -0.05) is 140 Å². The minimum Gasteiger partial charge on any atom is -0.842 e. The van der Waals surface area contributed by atoms with Crippen molar-refractivity contribution in [2.45, 2.75) is 116 Å². The predicted octanol–water partition coefficient (Wildman–Crippen LogP) is 7.99. The lowest BCUT2D eigenvalue weighted by molar-refractivity contribution is -0.655. The highest BCUT2D eigenvalue weighted by molar-refractivity contribution is 5.33. The van der Waals surface area contributed by atoms with Gasteiger partial charge in [-0.25, -0.2) is 9.36 Å². The molecule has 3 aromatic rings. The molecular weight excluding hydrogens is 468 g/mol. The van der Waals surface area contributed by atoms with Gasteiger partial charge in [0.25, 0.3) is 6.33 Å². The summed E-state index contributed by atoms with van der Waals surface area (Å²) in [5.74, 6) is -0.200. The number of hydrogen-bond donors (Lipinski definition) is 0. The van der Waals surface area contributed by atoms with Gasteiger partial charge in [0.05, 0.1) is 11.4 Å². The third-order valence-electron chi connectivity index (χ3n) is 7.53. The van der Waals surface area contributed by atoms with Crippen LogP contribution in [0.1, 0.15) is 115 Å². The van der Waals surface area contributed by atoms with Crippen LogP contribution in [0.15, 0.2) is 71.8 Å². The van der Waals surface area contributed by atoms with E-state index in [4.69, 9.17) is 0 Å². The van der Waals surface area contributed by atoms with Crippen molar-refractivity contribution in [2.75, 3.05) is 0 Å². The van der Waals surface area contributed by atoms with Gasteiger partial charge in [-0.2, -0.15) is 4.57 Å². The lowest BCUT2D eigenvalue weighted by Crippen LogP contribution is -2.43. The highest BCUT2D eigenvalue weighted by atomic mass is 16.3. The molecule has 0 spiro atoms. The average Bonchev–Trinajstić information content (AvgIpc) is 2.95. The lowest BCUT2D eigenvalue weighted by Gasteiger charge is -2.16. The van der Waals surface area contributed by atoms with Crippen molar-refractivity contribution in [3.05, 3.63) is 82.9 Å². The van der Waals surface area contributed by atoms with Crippen molar-refractivity contribution in [3.8, 4) is 17.3 Å². The molecule has 0 aliphatic heterocycles. The molecule has 4 heteroatoms. The summed E-state index contributed by atoms with van der Waals surface area (Å²) in [7, 11) is 0. The standard InChI is InChI=1S/C34H48N2O2/c1-2-3-4-5-6-7-8-9-10-11-12-13-14-15-16-23-28-32-33(37)35(30-24-19-17-20-25-30)29-36(34(32)38)31-26-21-18-22-27-31/h17-22,24-27,29H,2-16,23,28H2,1H3. The Morgan fingerprint density at radius 3 is 1.58 bits per heavy atom. The topological polar surface area (TPSA) is 48.9 Å². The van der Waals surface area contributed by atoms with E-state index in [1.165, 1.54) is 89.9 Å². The number of unbranched alkanes of at least 4 members (excludes halogenated alkanes) is 15. The molecule has 0 fully saturated rings. The molecule has 0 N–H and O–H groups in total. The molecule has 4 nitrogen and oxygen atoms in total. The summed E-state index contributed by atoms with van der Waals surface area (Å²) in [5, 5.41) is 13.3. The Labute approximate surface area is 230 Å². The molecule has 2 aromatic carbocycles. The van der Waals surface area contributed by atoms with Gasteiger partial charge in [0.15, 0.2) is 0 Å². The van der Waals surface area contributed by atoms with Crippen molar-refractivity contribution in [2.24, 2.45) is 0 Å². The third-order valence-corrected chi connectivity index (χ3v) is 7.53. The summed E-state index contributed by atoms with van der Waals surface area (Å²) in [6.45, 7) is 2.28. The van der Waals surface area contributed by atoms with Gasteiger partial charge >= 0.3 is 5.56 Å². The van der Waals surface area contributed by atoms with Crippen molar-refractivity contribution < 1.29 is 9.67 Å². The van der Waals surface area contributed by atoms with E-state index >= 15 is 0 Å². The van der Waals surface area contributed by atoms with Gasteiger partial charge in [0.2, 0.25) is 0 Å². The van der Waals surface area contributed by atoms with E-state index in [0.29, 0.717) is 12.0 Å². The molecule has 0 radical (unpaired) electrons. The molecule has 3 rings (SSSR count). The first-order chi connectivity index (χ1) is 18.7. The van der Waals surface area contributed by atoms with Crippen LogP contribution in [0.25, 0.3) is 11.4 Å². The van der Waals surface area contributed by atoms with Crippen LogP contribution in [0, 0.1) is 0 Å². The summed E-state index contributed by atoms with van der Waals surface area (Å²) in [5.41, 5.74) is 1.73. The van der Waals surface area contributed by atoms with Crippen LogP contribution < -0.4 is 15.2 Å². The van der Waals surface area contributed by atoms with E-state index in [9.17, 15) is 9.90 Å². The van der Waals surface area contributed by atoms with Crippen LogP contribution in [-0.4, -0.2) is 4.57 Å². The second-order valence-corrected chi connectivity index (χ2v) is 10.7. The molecular formula is C34H48N2O2. The Morgan fingerprint density at radius 1 is 0.632 bits per heavy atom. The number of aromatic nitrogens is 2. The van der Waals surface area contributed by atoms with Gasteiger partial charge in [-0.3, -0.25) is 0 Å². The first kappa shape index (κ1) is 29.7. The maximum atomic E-state index is 13.3. The monoisotopic (exact) mass is 516 g/mol. The third kappa shape index (κ3) is 9.78. The summed E-state index contributed by atoms with van der Waals surface area (Å²) >= 11 is 0. The summed E-state index contributed by atoms with van der Waals surface area (Å²) in [6, 6.07) is 19.1. The van der Waals surface area contributed by atoms with E-state index in [-0.39, 0.29) is 11.4 Å². The quantitative estimate of drug-likeness (QED) is 0.120. The predicted molar refractivity (Wildman–Crippen MR) is 156 cm³/mol. The van der Waals surface area contributed by atoms with Crippen molar-refractivity contribution in [1.82, 2.24) is 4.57 Å². The minimum absolute atomic E-state index is 0.200. The zero-order chi connectivity index (χ0) is 26.8. The Hall–Kier alpha value is -2.88. The Balaban J connectivity index is 1.41. The number of benzene rings is 2. The zero-order valence-corrected chi connectivity index (χ0v) is 23.6. The van der Waals surface area contributed by atoms with Gasteiger partial charge < -0.3 is 5.11 Å². The molecule has 0 amide bonds. The summed E-state index contributed by atoms with van der Waals surface area (Å²) in [4.78, 5) is 13.3. The van der Waals surface area contributed by atoms with Gasteiger partial charge in [-0.05, 0) is 37.1 Å². The molecule has 1 heterocycles. The highest BCUT2D eigenvalue weighted by Crippen LogP contribution is 2.16. The fraction of sp³-hybridized carbons (Fsp3) is 0.529. The van der Waals surface area contributed by atoms with Crippen LogP contribution in [-0.2, 0) is 6.42 Å². The minimum atomic E-state index is -0.200. The van der Waals surface area contributed by atoms with Gasteiger partial charge in [0, 0.05) is 0 Å². The lowest BCUT2D eigenvalue weighted by atomic mass is 10.0. The second kappa shape index (κ2) is 17.6. The maximum Gasteiger partial charge on any atom is 0.344 e. The second-order valence-electron chi connectivity index (χ2n) is 10.7. The number of nitrogens with zero attached hydrogens (tertiary/aromatic N) is 2. The molecule has 0 bridgehead atoms. The molecule has 1 aromatic heterocycles. The average molecular weight is 517 g/mol. The largest absolute Gasteiger partial charge is 0.842 e. The molecule has 0 aliphatic rings. The molecule has 0 aliphatic carbocycles. The fourth-order valence-electron chi connectivity index (χ4n) is 5.21. The number of hydrogen-bond acceptors (Lipinski definition) is 2. The summed E-state index contributed by atoms with van der Waals surface area (Å²) < 4.78 is 3.21. The van der Waals surface area contributed by atoms with Crippen LogP contribution in [0.4, 0.5) is 0 Å². The first-order valence-corrected chi connectivity index (χ1v) is 15.2. The molecule has 38 heavy (non-hydrogen) atoms. The van der Waals surface area contributed by atoms with Crippen LogP contribution >= 0.6 is 0 Å². The Kier molecular flexibility index (Phi) is 13.7. The Morgan fingerprint density at radius 2 is 1.08 bits per heavy atom. The summed E-state index contributed by atoms with van der Waals surface area (Å²) in [6.07, 6.45) is 23.1. The Bertz CT molecular complexity index is 1090. The zero-order valence-electron chi connectivity index (χ0n) is 23.6. The SMILES string of the molecule is CCCCCCCCCCCCCCCCCCc1c([O-])[n+](-c2ccccc2)cn(-c2ccccc2)c1=O. The maximum absolute atomic E-state index is 13.3. The smallest absolute Gasteiger partial charge is 0.344 e. The first-order valence-electron chi connectivity index (χ1n) is 15.2. The molecule has 0 saturated carbocycles. The van der Waals surface area contributed by atoms with Gasteiger partial charge in [0.1, 0.15) is 11.4 Å². The highest BCUT2D eigenvalue weighted by Gasteiger charge is 2.18. The number of para-hydroxylation sites is 2. The van der Waals surface area contributed by atoms with Crippen LogP contribution in [0.2, 0.25) is 0 Å². The van der Waals surface area contributed by atoms with Gasteiger partial charge in [-0.15, -0.1) is 0 Å². The molecule has 0 unspecified atom stereocenters. The molecule has 0 saturated heterocycles. The van der Waals surface area contributed by atoms with Crippen LogP contribution in [0.3, 0.4) is 0 Å². The normalized spacial score (nSPS) is 11.2. The van der Waals surface area contributed by atoms with E-state index in [2.05, 4.69) is 6.92 Å².